The number of benzene rings is 2. The normalized spacial score (nSPS) is 16.0. The molecule has 6 nitrogen and oxygen atoms in total. The highest BCUT2D eigenvalue weighted by atomic mass is 16.5. The van der Waals surface area contributed by atoms with Crippen LogP contribution in [-0.2, 0) is 9.59 Å². The third-order valence-corrected chi connectivity index (χ3v) is 3.81. The van der Waals surface area contributed by atoms with Gasteiger partial charge in [0.2, 0.25) is 5.91 Å². The average molecular weight is 340 g/mol. The van der Waals surface area contributed by atoms with E-state index in [1.54, 1.807) is 19.1 Å². The molecule has 0 radical (unpaired) electrons. The molecule has 1 atom stereocenters. The summed E-state index contributed by atoms with van der Waals surface area (Å²) in [5.41, 5.74) is 0.612. The molecule has 1 aliphatic rings. The molecule has 25 heavy (non-hydrogen) atoms. The van der Waals surface area contributed by atoms with Crippen LogP contribution in [0.25, 0.3) is 0 Å². The molecule has 0 saturated carbocycles. The number of nitrogens with zero attached hydrogens (tertiary/aromatic N) is 1. The molecular weight excluding hydrogens is 320 g/mol. The quantitative estimate of drug-likeness (QED) is 0.817. The standard InChI is InChI=1S/C19H20N2O4/c1-14-19(23)21(16-9-5-6-10-17(16)25-14)13-18(22)20-11-12-24-15-7-3-2-4-8-15/h2-10,14H,11-13H2,1H3,(H,20,22). The fourth-order valence-corrected chi connectivity index (χ4v) is 2.60. The van der Waals surface area contributed by atoms with Gasteiger partial charge in [0.05, 0.1) is 12.2 Å². The van der Waals surface area contributed by atoms with Crippen LogP contribution in [0.4, 0.5) is 5.69 Å². The van der Waals surface area contributed by atoms with Crippen molar-refractivity contribution in [1.82, 2.24) is 5.32 Å². The second-order valence-corrected chi connectivity index (χ2v) is 5.66. The van der Waals surface area contributed by atoms with E-state index in [1.165, 1.54) is 4.90 Å². The van der Waals surface area contributed by atoms with Crippen molar-refractivity contribution in [2.24, 2.45) is 0 Å². The molecule has 2 aromatic rings. The van der Waals surface area contributed by atoms with Gasteiger partial charge in [-0.05, 0) is 31.2 Å². The Kier molecular flexibility index (Phi) is 5.18. The summed E-state index contributed by atoms with van der Waals surface area (Å²) in [4.78, 5) is 26.0. The molecular formula is C19H20N2O4. The summed E-state index contributed by atoms with van der Waals surface area (Å²) in [7, 11) is 0. The summed E-state index contributed by atoms with van der Waals surface area (Å²) >= 11 is 0. The molecule has 6 heteroatoms. The predicted molar refractivity (Wildman–Crippen MR) is 93.8 cm³/mol. The lowest BCUT2D eigenvalue weighted by Gasteiger charge is -2.32. The SMILES string of the molecule is CC1Oc2ccccc2N(CC(=O)NCCOc2ccccc2)C1=O. The van der Waals surface area contributed by atoms with Gasteiger partial charge < -0.3 is 14.8 Å². The number of nitrogens with one attached hydrogen (secondary N) is 1. The Morgan fingerprint density at radius 2 is 1.88 bits per heavy atom. The minimum Gasteiger partial charge on any atom is -0.492 e. The fourth-order valence-electron chi connectivity index (χ4n) is 2.60. The molecule has 1 heterocycles. The van der Waals surface area contributed by atoms with Gasteiger partial charge in [0.15, 0.2) is 6.10 Å². The van der Waals surface area contributed by atoms with E-state index in [0.29, 0.717) is 24.6 Å². The Hall–Kier alpha value is -3.02. The fraction of sp³-hybridized carbons (Fsp3) is 0.263. The number of hydrogen-bond acceptors (Lipinski definition) is 4. The number of amides is 2. The van der Waals surface area contributed by atoms with Crippen LogP contribution in [0.5, 0.6) is 11.5 Å². The van der Waals surface area contributed by atoms with Gasteiger partial charge in [-0.25, -0.2) is 0 Å². The second kappa shape index (κ2) is 7.70. The Labute approximate surface area is 146 Å². The Morgan fingerprint density at radius 1 is 1.16 bits per heavy atom. The molecule has 0 aliphatic carbocycles. The van der Waals surface area contributed by atoms with Crippen molar-refractivity contribution in [2.45, 2.75) is 13.0 Å². The van der Waals surface area contributed by atoms with Crippen LogP contribution < -0.4 is 19.7 Å². The Bertz CT molecular complexity index is 748. The van der Waals surface area contributed by atoms with Crippen LogP contribution in [-0.4, -0.2) is 37.6 Å². The highest BCUT2D eigenvalue weighted by molar-refractivity contribution is 6.03. The smallest absolute Gasteiger partial charge is 0.268 e. The zero-order valence-electron chi connectivity index (χ0n) is 14.0. The van der Waals surface area contributed by atoms with E-state index in [-0.39, 0.29) is 18.4 Å². The summed E-state index contributed by atoms with van der Waals surface area (Å²) in [5.74, 6) is 0.890. The second-order valence-electron chi connectivity index (χ2n) is 5.66. The number of carbonyl (C=O) groups is 2. The van der Waals surface area contributed by atoms with Crippen LogP contribution in [0.15, 0.2) is 54.6 Å². The van der Waals surface area contributed by atoms with Gasteiger partial charge >= 0.3 is 0 Å². The van der Waals surface area contributed by atoms with E-state index in [4.69, 9.17) is 9.47 Å². The van der Waals surface area contributed by atoms with E-state index in [1.807, 2.05) is 42.5 Å². The van der Waals surface area contributed by atoms with E-state index in [0.717, 1.165) is 5.75 Å². The van der Waals surface area contributed by atoms with Gasteiger partial charge in [0.1, 0.15) is 24.7 Å². The summed E-state index contributed by atoms with van der Waals surface area (Å²) in [6, 6.07) is 16.6. The van der Waals surface area contributed by atoms with Crippen molar-refractivity contribution < 1.29 is 19.1 Å². The Balaban J connectivity index is 1.53. The van der Waals surface area contributed by atoms with Crippen LogP contribution >= 0.6 is 0 Å². The largest absolute Gasteiger partial charge is 0.492 e. The number of hydrogen-bond donors (Lipinski definition) is 1. The maximum Gasteiger partial charge on any atom is 0.268 e. The number of fused-ring (bicyclic) bond motifs is 1. The van der Waals surface area contributed by atoms with Crippen molar-refractivity contribution in [3.05, 3.63) is 54.6 Å². The minimum absolute atomic E-state index is 0.0467. The van der Waals surface area contributed by atoms with Gasteiger partial charge in [0, 0.05) is 0 Å². The maximum absolute atomic E-state index is 12.3. The first-order chi connectivity index (χ1) is 12.1. The predicted octanol–water partition coefficient (Wildman–Crippen LogP) is 2.00. The highest BCUT2D eigenvalue weighted by Gasteiger charge is 2.32. The molecule has 0 spiro atoms. The van der Waals surface area contributed by atoms with Crippen LogP contribution in [0.1, 0.15) is 6.92 Å². The molecule has 0 bridgehead atoms. The third kappa shape index (κ3) is 4.09. The third-order valence-electron chi connectivity index (χ3n) is 3.81. The van der Waals surface area contributed by atoms with E-state index in [9.17, 15) is 9.59 Å². The number of para-hydroxylation sites is 3. The summed E-state index contributed by atoms with van der Waals surface area (Å²) < 4.78 is 11.1. The first-order valence-corrected chi connectivity index (χ1v) is 8.17. The maximum atomic E-state index is 12.3. The molecule has 1 unspecified atom stereocenters. The molecule has 2 amide bonds. The molecule has 1 aliphatic heterocycles. The zero-order valence-corrected chi connectivity index (χ0v) is 14.0. The molecule has 3 rings (SSSR count). The number of carbonyl (C=O) groups excluding carboxylic acids is 2. The minimum atomic E-state index is -0.607. The van der Waals surface area contributed by atoms with Gasteiger partial charge in [-0.1, -0.05) is 30.3 Å². The highest BCUT2D eigenvalue weighted by Crippen LogP contribution is 2.33. The molecule has 0 aromatic heterocycles. The topological polar surface area (TPSA) is 67.9 Å². The first-order valence-electron chi connectivity index (χ1n) is 8.17. The molecule has 0 fully saturated rings. The zero-order chi connectivity index (χ0) is 17.6. The average Bonchev–Trinajstić information content (AvgIpc) is 2.63. The van der Waals surface area contributed by atoms with Crippen LogP contribution in [0.2, 0.25) is 0 Å². The summed E-state index contributed by atoms with van der Waals surface area (Å²) in [5, 5.41) is 2.77. The van der Waals surface area contributed by atoms with Gasteiger partial charge in [0.25, 0.3) is 5.91 Å². The number of rotatable bonds is 6. The summed E-state index contributed by atoms with van der Waals surface area (Å²) in [6.07, 6.45) is -0.607. The monoisotopic (exact) mass is 340 g/mol. The van der Waals surface area contributed by atoms with Crippen LogP contribution in [0, 0.1) is 0 Å². The van der Waals surface area contributed by atoms with E-state index in [2.05, 4.69) is 5.32 Å². The number of ether oxygens (including phenoxy) is 2. The van der Waals surface area contributed by atoms with Crippen molar-refractivity contribution in [3.8, 4) is 11.5 Å². The lowest BCUT2D eigenvalue weighted by atomic mass is 10.2. The lowest BCUT2D eigenvalue weighted by Crippen LogP contribution is -2.49. The van der Waals surface area contributed by atoms with Crippen molar-refractivity contribution in [3.63, 3.8) is 0 Å². The molecule has 2 aromatic carbocycles. The molecule has 1 N–H and O–H groups in total. The van der Waals surface area contributed by atoms with Gasteiger partial charge in [-0.2, -0.15) is 0 Å². The van der Waals surface area contributed by atoms with Crippen molar-refractivity contribution >= 4 is 17.5 Å². The molecule has 130 valence electrons. The number of anilines is 1. The van der Waals surface area contributed by atoms with Crippen molar-refractivity contribution in [2.75, 3.05) is 24.6 Å². The van der Waals surface area contributed by atoms with E-state index < -0.39 is 6.10 Å². The van der Waals surface area contributed by atoms with Gasteiger partial charge in [-0.15, -0.1) is 0 Å². The van der Waals surface area contributed by atoms with E-state index >= 15 is 0 Å². The lowest BCUT2D eigenvalue weighted by molar-refractivity contribution is -0.128. The first kappa shape index (κ1) is 16.8. The summed E-state index contributed by atoms with van der Waals surface area (Å²) in [6.45, 7) is 2.36. The van der Waals surface area contributed by atoms with Crippen LogP contribution in [0.3, 0.4) is 0 Å². The van der Waals surface area contributed by atoms with Crippen molar-refractivity contribution in [1.29, 1.82) is 0 Å². The van der Waals surface area contributed by atoms with Gasteiger partial charge in [-0.3, -0.25) is 14.5 Å². The molecule has 0 saturated heterocycles. The Morgan fingerprint density at radius 3 is 2.68 bits per heavy atom.